The lowest BCUT2D eigenvalue weighted by atomic mass is 9.89. The number of aliphatic carboxylic acids is 1. The van der Waals surface area contributed by atoms with E-state index >= 15 is 0 Å². The summed E-state index contributed by atoms with van der Waals surface area (Å²) in [6.07, 6.45) is 3.77. The molecule has 2 amide bonds. The number of carboxylic acid groups (broad SMARTS) is 1. The number of rotatable bonds is 7. The van der Waals surface area contributed by atoms with Crippen LogP contribution in [0.5, 0.6) is 0 Å². The van der Waals surface area contributed by atoms with Crippen LogP contribution in [-0.2, 0) is 14.3 Å². The maximum absolute atomic E-state index is 12.7. The topological polar surface area (TPSA) is 105 Å². The second-order valence-electron chi connectivity index (χ2n) is 9.40. The third-order valence-electron chi connectivity index (χ3n) is 7.07. The van der Waals surface area contributed by atoms with Crippen LogP contribution in [0.25, 0.3) is 11.1 Å². The fourth-order valence-corrected chi connectivity index (χ4v) is 5.06. The Hall–Kier alpha value is -3.35. The average Bonchev–Trinajstić information content (AvgIpc) is 2.97. The summed E-state index contributed by atoms with van der Waals surface area (Å²) in [7, 11) is 0. The van der Waals surface area contributed by atoms with E-state index in [1.54, 1.807) is 6.92 Å². The lowest BCUT2D eigenvalue weighted by Gasteiger charge is -2.30. The van der Waals surface area contributed by atoms with E-state index in [9.17, 15) is 19.5 Å². The summed E-state index contributed by atoms with van der Waals surface area (Å²) in [5.41, 5.74) is 3.36. The quantitative estimate of drug-likeness (QED) is 0.525. The molecule has 4 rings (SSSR count). The zero-order chi connectivity index (χ0) is 24.1. The van der Waals surface area contributed by atoms with Gasteiger partial charge in [0.1, 0.15) is 12.1 Å². The molecule has 1 fully saturated rings. The van der Waals surface area contributed by atoms with Gasteiger partial charge in [-0.2, -0.15) is 0 Å². The van der Waals surface area contributed by atoms with Gasteiger partial charge in [-0.25, -0.2) is 9.59 Å². The van der Waals surface area contributed by atoms with E-state index in [0.717, 1.165) is 47.9 Å². The zero-order valence-corrected chi connectivity index (χ0v) is 19.5. The molecule has 0 aromatic heterocycles. The summed E-state index contributed by atoms with van der Waals surface area (Å²) in [5, 5.41) is 15.2. The van der Waals surface area contributed by atoms with Gasteiger partial charge in [-0.05, 0) is 35.1 Å². The predicted molar refractivity (Wildman–Crippen MR) is 128 cm³/mol. The van der Waals surface area contributed by atoms with Gasteiger partial charge in [-0.3, -0.25) is 4.79 Å². The minimum absolute atomic E-state index is 0.0375. The van der Waals surface area contributed by atoms with Crippen molar-refractivity contribution < 1.29 is 24.2 Å². The van der Waals surface area contributed by atoms with Gasteiger partial charge in [-0.1, -0.05) is 81.1 Å². The van der Waals surface area contributed by atoms with E-state index in [1.807, 2.05) is 24.3 Å². The third-order valence-corrected chi connectivity index (χ3v) is 7.07. The smallest absolute Gasteiger partial charge is 0.407 e. The van der Waals surface area contributed by atoms with Crippen molar-refractivity contribution in [3.8, 4) is 11.1 Å². The highest BCUT2D eigenvalue weighted by Gasteiger charge is 2.40. The minimum Gasteiger partial charge on any atom is -0.480 e. The van der Waals surface area contributed by atoms with E-state index in [4.69, 9.17) is 4.74 Å². The van der Waals surface area contributed by atoms with Crippen LogP contribution in [0, 0.1) is 5.92 Å². The maximum atomic E-state index is 12.7. The molecular weight excluding hydrogens is 432 g/mol. The molecule has 3 N–H and O–H groups in total. The fourth-order valence-electron chi connectivity index (χ4n) is 5.06. The van der Waals surface area contributed by atoms with E-state index in [1.165, 1.54) is 0 Å². The Labute approximate surface area is 199 Å². The number of hydrogen-bond donors (Lipinski definition) is 3. The molecule has 0 heterocycles. The molecule has 34 heavy (non-hydrogen) atoms. The number of carbonyl (C=O) groups is 3. The van der Waals surface area contributed by atoms with Crippen LogP contribution in [0.15, 0.2) is 48.5 Å². The Morgan fingerprint density at radius 2 is 1.53 bits per heavy atom. The standard InChI is InChI=1S/C27H32N2O5/c1-18(24(30)29-27(25(31)32)14-8-2-3-9-15-27)16-28-26(33)34-17-23-21-12-6-4-10-19(21)20-11-5-7-13-22(20)23/h4-7,10-13,18,23H,2-3,8-9,14-17H2,1H3,(H,28,33)(H,29,30)(H,31,32). The summed E-state index contributed by atoms with van der Waals surface area (Å²) in [6.45, 7) is 1.94. The molecule has 0 radical (unpaired) electrons. The Bertz CT molecular complexity index is 1010. The van der Waals surface area contributed by atoms with Gasteiger partial charge in [0.05, 0.1) is 5.92 Å². The molecule has 1 unspecified atom stereocenters. The number of alkyl carbamates (subject to hydrolysis) is 1. The molecule has 0 bridgehead atoms. The van der Waals surface area contributed by atoms with E-state index in [-0.39, 0.29) is 25.0 Å². The third kappa shape index (κ3) is 4.93. The summed E-state index contributed by atoms with van der Waals surface area (Å²) in [5.74, 6) is -1.98. The van der Waals surface area contributed by atoms with Gasteiger partial charge in [0.2, 0.25) is 5.91 Å². The first-order chi connectivity index (χ1) is 16.4. The van der Waals surface area contributed by atoms with Crippen molar-refractivity contribution in [2.45, 2.75) is 56.9 Å². The molecule has 2 aromatic carbocycles. The molecule has 2 aromatic rings. The summed E-state index contributed by atoms with van der Waals surface area (Å²) >= 11 is 0. The second kappa shape index (κ2) is 10.3. The van der Waals surface area contributed by atoms with Crippen molar-refractivity contribution >= 4 is 18.0 Å². The summed E-state index contributed by atoms with van der Waals surface area (Å²) in [6, 6.07) is 16.2. The van der Waals surface area contributed by atoms with Gasteiger partial charge in [0.25, 0.3) is 0 Å². The first-order valence-corrected chi connectivity index (χ1v) is 12.1. The van der Waals surface area contributed by atoms with Crippen molar-refractivity contribution in [3.63, 3.8) is 0 Å². The fraction of sp³-hybridized carbons (Fsp3) is 0.444. The predicted octanol–water partition coefficient (Wildman–Crippen LogP) is 4.46. The van der Waals surface area contributed by atoms with Crippen LogP contribution in [-0.4, -0.2) is 41.8 Å². The Kier molecular flexibility index (Phi) is 7.20. The van der Waals surface area contributed by atoms with Crippen LogP contribution in [0.1, 0.15) is 62.5 Å². The number of hydrogen-bond acceptors (Lipinski definition) is 4. The number of ether oxygens (including phenoxy) is 1. The number of nitrogens with one attached hydrogen (secondary N) is 2. The number of carbonyl (C=O) groups excluding carboxylic acids is 2. The Morgan fingerprint density at radius 3 is 2.09 bits per heavy atom. The van der Waals surface area contributed by atoms with Crippen LogP contribution in [0.3, 0.4) is 0 Å². The van der Waals surface area contributed by atoms with Crippen molar-refractivity contribution in [3.05, 3.63) is 59.7 Å². The Balaban J connectivity index is 1.30. The van der Waals surface area contributed by atoms with Gasteiger partial charge in [0.15, 0.2) is 0 Å². The average molecular weight is 465 g/mol. The van der Waals surface area contributed by atoms with Crippen molar-refractivity contribution in [1.29, 1.82) is 0 Å². The molecule has 2 aliphatic carbocycles. The maximum Gasteiger partial charge on any atom is 0.407 e. The highest BCUT2D eigenvalue weighted by atomic mass is 16.5. The van der Waals surface area contributed by atoms with Crippen molar-refractivity contribution in [2.24, 2.45) is 5.92 Å². The van der Waals surface area contributed by atoms with Gasteiger partial charge < -0.3 is 20.5 Å². The molecule has 7 heteroatoms. The number of fused-ring (bicyclic) bond motifs is 3. The van der Waals surface area contributed by atoms with E-state index in [2.05, 4.69) is 34.9 Å². The van der Waals surface area contributed by atoms with Crippen LogP contribution >= 0.6 is 0 Å². The number of carboxylic acids is 1. The highest BCUT2D eigenvalue weighted by molar-refractivity contribution is 5.88. The molecule has 1 saturated carbocycles. The molecule has 0 saturated heterocycles. The van der Waals surface area contributed by atoms with Crippen molar-refractivity contribution in [1.82, 2.24) is 10.6 Å². The number of benzene rings is 2. The van der Waals surface area contributed by atoms with E-state index < -0.39 is 23.5 Å². The molecule has 1 atom stereocenters. The van der Waals surface area contributed by atoms with Crippen LogP contribution in [0.2, 0.25) is 0 Å². The molecule has 180 valence electrons. The van der Waals surface area contributed by atoms with Gasteiger partial charge in [-0.15, -0.1) is 0 Å². The summed E-state index contributed by atoms with van der Waals surface area (Å²) < 4.78 is 5.52. The second-order valence-corrected chi connectivity index (χ2v) is 9.40. The van der Waals surface area contributed by atoms with Crippen molar-refractivity contribution in [2.75, 3.05) is 13.2 Å². The highest BCUT2D eigenvalue weighted by Crippen LogP contribution is 2.44. The Morgan fingerprint density at radius 1 is 0.971 bits per heavy atom. The normalized spacial score (nSPS) is 17.6. The lowest BCUT2D eigenvalue weighted by molar-refractivity contribution is -0.149. The number of amides is 2. The molecule has 2 aliphatic rings. The molecule has 0 spiro atoms. The SMILES string of the molecule is CC(CNC(=O)OCC1c2ccccc2-c2ccccc21)C(=O)NC1(C(=O)O)CCCCCC1. The minimum atomic E-state index is -1.22. The lowest BCUT2D eigenvalue weighted by Crippen LogP contribution is -2.56. The first kappa shape index (κ1) is 23.8. The molecular formula is C27H32N2O5. The molecule has 7 nitrogen and oxygen atoms in total. The van der Waals surface area contributed by atoms with Crippen LogP contribution < -0.4 is 10.6 Å². The summed E-state index contributed by atoms with van der Waals surface area (Å²) in [4.78, 5) is 37.1. The largest absolute Gasteiger partial charge is 0.480 e. The zero-order valence-electron chi connectivity index (χ0n) is 19.5. The monoisotopic (exact) mass is 464 g/mol. The van der Waals surface area contributed by atoms with E-state index in [0.29, 0.717) is 12.8 Å². The first-order valence-electron chi connectivity index (χ1n) is 12.1. The van der Waals surface area contributed by atoms with Gasteiger partial charge >= 0.3 is 12.1 Å². The molecule has 0 aliphatic heterocycles. The van der Waals surface area contributed by atoms with Crippen LogP contribution in [0.4, 0.5) is 4.79 Å². The van der Waals surface area contributed by atoms with Gasteiger partial charge in [0, 0.05) is 12.5 Å².